The van der Waals surface area contributed by atoms with Gasteiger partial charge in [-0.1, -0.05) is 35.9 Å². The van der Waals surface area contributed by atoms with Crippen molar-refractivity contribution in [2.45, 2.75) is 32.7 Å². The summed E-state index contributed by atoms with van der Waals surface area (Å²) in [4.78, 5) is 10.7. The third-order valence-electron chi connectivity index (χ3n) is 6.29. The van der Waals surface area contributed by atoms with Crippen LogP contribution in [0.2, 0.25) is 5.02 Å². The van der Waals surface area contributed by atoms with Crippen LogP contribution in [0.1, 0.15) is 34.0 Å². The molecule has 1 aliphatic rings. The maximum Gasteiger partial charge on any atom is 0.153 e. The fraction of sp³-hybridized carbons (Fsp3) is 0.240. The Morgan fingerprint density at radius 1 is 1.16 bits per heavy atom. The van der Waals surface area contributed by atoms with Crippen molar-refractivity contribution in [3.05, 3.63) is 93.5 Å². The van der Waals surface area contributed by atoms with Crippen LogP contribution in [-0.2, 0) is 12.8 Å². The van der Waals surface area contributed by atoms with Gasteiger partial charge in [0.1, 0.15) is 5.82 Å². The quantitative estimate of drug-likeness (QED) is 0.370. The van der Waals surface area contributed by atoms with Crippen LogP contribution >= 0.6 is 24.0 Å². The monoisotopic (exact) mass is 455 g/mol. The smallest absolute Gasteiger partial charge is 0.153 e. The molecule has 2 aromatic carbocycles. The maximum atomic E-state index is 13.9. The molecule has 0 amide bonds. The number of rotatable bonds is 3. The molecule has 31 heavy (non-hydrogen) atoms. The number of nitrogens with one attached hydrogen (secondary N) is 1. The van der Waals surface area contributed by atoms with Crippen LogP contribution in [-0.4, -0.2) is 16.5 Å². The number of aromatic nitrogens is 2. The summed E-state index contributed by atoms with van der Waals surface area (Å²) in [6, 6.07) is 15.0. The molecule has 0 spiro atoms. The molecule has 3 nitrogen and oxygen atoms in total. The van der Waals surface area contributed by atoms with Gasteiger partial charge in [0.05, 0.1) is 11.6 Å². The minimum absolute atomic E-state index is 0. The fourth-order valence-electron chi connectivity index (χ4n) is 4.66. The molecule has 0 bridgehead atoms. The van der Waals surface area contributed by atoms with E-state index >= 15 is 0 Å². The number of nitrogens with zero attached hydrogens (tertiary/aromatic N) is 2. The molecule has 4 aromatic rings. The largest absolute Gasteiger partial charge is 0.355 e. The molecule has 5 rings (SSSR count). The van der Waals surface area contributed by atoms with Gasteiger partial charge >= 0.3 is 0 Å². The highest BCUT2D eigenvalue weighted by Crippen LogP contribution is 2.40. The SMILES string of the molecule is Cc1[nH]c2c(N3CCc4c(Cl)cccc4C3Cc3cccc(F)c3)nccc2c1C.Cl. The Labute approximate surface area is 192 Å². The summed E-state index contributed by atoms with van der Waals surface area (Å²) in [5.74, 6) is 0.729. The highest BCUT2D eigenvalue weighted by Gasteiger charge is 2.31. The van der Waals surface area contributed by atoms with E-state index in [0.29, 0.717) is 6.42 Å². The second kappa shape index (κ2) is 8.52. The van der Waals surface area contributed by atoms with Crippen LogP contribution in [0.3, 0.4) is 0 Å². The number of H-pyrrole nitrogens is 1. The lowest BCUT2D eigenvalue weighted by atomic mass is 9.88. The van der Waals surface area contributed by atoms with Gasteiger partial charge in [-0.2, -0.15) is 0 Å². The average molecular weight is 456 g/mol. The lowest BCUT2D eigenvalue weighted by molar-refractivity contribution is 0.570. The van der Waals surface area contributed by atoms with Gasteiger partial charge in [0.25, 0.3) is 0 Å². The third kappa shape index (κ3) is 3.79. The Morgan fingerprint density at radius 3 is 2.77 bits per heavy atom. The van der Waals surface area contributed by atoms with E-state index in [9.17, 15) is 4.39 Å². The molecule has 0 aliphatic carbocycles. The normalized spacial score (nSPS) is 15.6. The van der Waals surface area contributed by atoms with Crippen molar-refractivity contribution in [1.29, 1.82) is 0 Å². The minimum atomic E-state index is -0.211. The number of fused-ring (bicyclic) bond motifs is 2. The van der Waals surface area contributed by atoms with Crippen LogP contribution in [0, 0.1) is 19.7 Å². The molecule has 1 atom stereocenters. The Hall–Kier alpha value is -2.56. The lowest BCUT2D eigenvalue weighted by Crippen LogP contribution is -2.37. The predicted octanol–water partition coefficient (Wildman–Crippen LogP) is 6.74. The molecule has 1 unspecified atom stereocenters. The summed E-state index contributed by atoms with van der Waals surface area (Å²) in [5.41, 5.74) is 6.79. The van der Waals surface area contributed by atoms with Gasteiger partial charge in [0.2, 0.25) is 0 Å². The van der Waals surface area contributed by atoms with E-state index in [1.807, 2.05) is 24.4 Å². The van der Waals surface area contributed by atoms with E-state index in [-0.39, 0.29) is 24.3 Å². The van der Waals surface area contributed by atoms with Crippen LogP contribution in [0.15, 0.2) is 54.7 Å². The number of hydrogen-bond acceptors (Lipinski definition) is 2. The summed E-state index contributed by atoms with van der Waals surface area (Å²) >= 11 is 6.55. The Balaban J connectivity index is 0.00000231. The average Bonchev–Trinajstić information content (AvgIpc) is 3.03. The molecule has 1 aliphatic heterocycles. The van der Waals surface area contributed by atoms with E-state index in [1.54, 1.807) is 12.1 Å². The molecule has 6 heteroatoms. The van der Waals surface area contributed by atoms with Crippen molar-refractivity contribution in [2.24, 2.45) is 0 Å². The fourth-order valence-corrected chi connectivity index (χ4v) is 4.93. The van der Waals surface area contributed by atoms with Gasteiger partial charge in [-0.05, 0) is 73.2 Å². The van der Waals surface area contributed by atoms with Gasteiger partial charge in [-0.25, -0.2) is 9.37 Å². The number of aryl methyl sites for hydroxylation is 2. The summed E-state index contributed by atoms with van der Waals surface area (Å²) in [7, 11) is 0. The topological polar surface area (TPSA) is 31.9 Å². The first kappa shape index (κ1) is 21.7. The van der Waals surface area contributed by atoms with Crippen LogP contribution in [0.4, 0.5) is 10.2 Å². The van der Waals surface area contributed by atoms with Crippen molar-refractivity contribution >= 4 is 40.7 Å². The van der Waals surface area contributed by atoms with Gasteiger partial charge in [-0.3, -0.25) is 0 Å². The molecule has 160 valence electrons. The molecule has 0 fully saturated rings. The first-order valence-corrected chi connectivity index (χ1v) is 10.6. The second-order valence-corrected chi connectivity index (χ2v) is 8.44. The minimum Gasteiger partial charge on any atom is -0.355 e. The maximum absolute atomic E-state index is 13.9. The van der Waals surface area contributed by atoms with Gasteiger partial charge < -0.3 is 9.88 Å². The van der Waals surface area contributed by atoms with Crippen molar-refractivity contribution in [3.8, 4) is 0 Å². The molecule has 2 aromatic heterocycles. The standard InChI is InChI=1S/C25H23ClFN3.ClH/c1-15-16(2)29-24-19(15)9-11-28-25(24)30-12-10-20-21(7-4-8-22(20)26)23(30)14-17-5-3-6-18(27)13-17;/h3-9,11,13,23,29H,10,12,14H2,1-2H3;1H. The highest BCUT2D eigenvalue weighted by atomic mass is 35.5. The number of halogens is 3. The van der Waals surface area contributed by atoms with E-state index in [4.69, 9.17) is 16.6 Å². The molecule has 0 saturated carbocycles. The Kier molecular flexibility index (Phi) is 5.96. The number of hydrogen-bond donors (Lipinski definition) is 1. The molecular weight excluding hydrogens is 432 g/mol. The van der Waals surface area contributed by atoms with Crippen molar-refractivity contribution in [1.82, 2.24) is 9.97 Å². The van der Waals surface area contributed by atoms with Crippen molar-refractivity contribution in [3.63, 3.8) is 0 Å². The van der Waals surface area contributed by atoms with Crippen molar-refractivity contribution in [2.75, 3.05) is 11.4 Å². The Morgan fingerprint density at radius 2 is 1.97 bits per heavy atom. The summed E-state index contributed by atoms with van der Waals surface area (Å²) < 4.78 is 13.9. The van der Waals surface area contributed by atoms with E-state index < -0.39 is 0 Å². The number of anilines is 1. The van der Waals surface area contributed by atoms with E-state index in [0.717, 1.165) is 40.6 Å². The zero-order chi connectivity index (χ0) is 20.8. The van der Waals surface area contributed by atoms with Crippen LogP contribution < -0.4 is 4.90 Å². The predicted molar refractivity (Wildman–Crippen MR) is 128 cm³/mol. The van der Waals surface area contributed by atoms with Crippen molar-refractivity contribution < 1.29 is 4.39 Å². The molecule has 3 heterocycles. The first-order chi connectivity index (χ1) is 14.5. The first-order valence-electron chi connectivity index (χ1n) is 10.2. The van der Waals surface area contributed by atoms with E-state index in [1.165, 1.54) is 28.1 Å². The number of benzene rings is 2. The molecule has 0 radical (unpaired) electrons. The zero-order valence-electron chi connectivity index (χ0n) is 17.5. The third-order valence-corrected chi connectivity index (χ3v) is 6.65. The van der Waals surface area contributed by atoms with Crippen LogP contribution in [0.5, 0.6) is 0 Å². The molecule has 0 saturated heterocycles. The van der Waals surface area contributed by atoms with E-state index in [2.05, 4.69) is 35.9 Å². The second-order valence-electron chi connectivity index (χ2n) is 8.03. The van der Waals surface area contributed by atoms with Gasteiger partial charge in [0.15, 0.2) is 5.82 Å². The summed E-state index contributed by atoms with van der Waals surface area (Å²) in [6.45, 7) is 5.03. The highest BCUT2D eigenvalue weighted by molar-refractivity contribution is 6.31. The molecule has 1 N–H and O–H groups in total. The number of pyridine rings is 1. The Bertz CT molecular complexity index is 1250. The summed E-state index contributed by atoms with van der Waals surface area (Å²) in [5, 5.41) is 1.99. The van der Waals surface area contributed by atoms with Gasteiger partial charge in [0, 0.05) is 28.8 Å². The van der Waals surface area contributed by atoms with Gasteiger partial charge in [-0.15, -0.1) is 12.4 Å². The zero-order valence-corrected chi connectivity index (χ0v) is 19.0. The van der Waals surface area contributed by atoms with Crippen LogP contribution in [0.25, 0.3) is 10.9 Å². The molecular formula is C25H24Cl2FN3. The summed E-state index contributed by atoms with van der Waals surface area (Å²) in [6.07, 6.45) is 3.41. The lowest BCUT2D eigenvalue weighted by Gasteiger charge is -2.39. The number of aromatic amines is 1.